The molecule has 0 fully saturated rings. The Morgan fingerprint density at radius 3 is 1.86 bits per heavy atom. The van der Waals surface area contributed by atoms with Crippen LogP contribution in [0.4, 0.5) is 17.1 Å². The van der Waals surface area contributed by atoms with Crippen molar-refractivity contribution in [2.45, 2.75) is 44.9 Å². The Hall–Kier alpha value is -6.48. The van der Waals surface area contributed by atoms with Gasteiger partial charge in [-0.2, -0.15) is 0 Å². The van der Waals surface area contributed by atoms with Gasteiger partial charge in [-0.05, 0) is 122 Å². The number of para-hydroxylation sites is 2. The molecule has 0 radical (unpaired) electrons. The average Bonchev–Trinajstić information content (AvgIpc) is 3.79. The normalized spacial score (nSPS) is 15.1. The van der Waals surface area contributed by atoms with E-state index in [1.807, 2.05) is 11.3 Å². The first-order chi connectivity index (χ1) is 29.1. The maximum absolute atomic E-state index is 2.58. The maximum Gasteiger partial charge on any atom is 0.0540 e. The third-order valence-corrected chi connectivity index (χ3v) is 14.1. The Kier molecular flexibility index (Phi) is 8.71. The number of rotatable bonds is 7. The predicted molar refractivity (Wildman–Crippen MR) is 253 cm³/mol. The number of benzene rings is 7. The van der Waals surface area contributed by atoms with E-state index >= 15 is 0 Å². The van der Waals surface area contributed by atoms with Gasteiger partial charge >= 0.3 is 0 Å². The Morgan fingerprint density at radius 1 is 0.475 bits per heavy atom. The van der Waals surface area contributed by atoms with Gasteiger partial charge in [0.05, 0.1) is 11.4 Å². The van der Waals surface area contributed by atoms with Crippen LogP contribution in [0.25, 0.3) is 55.1 Å². The molecule has 0 unspecified atom stereocenters. The van der Waals surface area contributed by atoms with Crippen LogP contribution in [0.2, 0.25) is 0 Å². The lowest BCUT2D eigenvalue weighted by atomic mass is 9.82. The average molecular weight is 776 g/mol. The highest BCUT2D eigenvalue weighted by Crippen LogP contribution is 2.52. The summed E-state index contributed by atoms with van der Waals surface area (Å²) in [5, 5.41) is 2.76. The molecule has 3 aliphatic carbocycles. The Morgan fingerprint density at radius 2 is 1.07 bits per heavy atom. The van der Waals surface area contributed by atoms with Gasteiger partial charge in [0.25, 0.3) is 0 Å². The second-order valence-corrected chi connectivity index (χ2v) is 17.6. The Bertz CT molecular complexity index is 3140. The maximum atomic E-state index is 2.58. The Labute approximate surface area is 351 Å². The van der Waals surface area contributed by atoms with Crippen molar-refractivity contribution in [3.8, 4) is 22.3 Å². The molecule has 2 heteroatoms. The molecule has 0 saturated carbocycles. The number of allylic oxidation sites excluding steroid dienone is 4. The highest BCUT2D eigenvalue weighted by Gasteiger charge is 2.36. The highest BCUT2D eigenvalue weighted by atomic mass is 32.1. The van der Waals surface area contributed by atoms with Gasteiger partial charge in [0, 0.05) is 31.5 Å². The summed E-state index contributed by atoms with van der Waals surface area (Å²) in [7, 11) is 0. The molecule has 1 heterocycles. The second kappa shape index (κ2) is 14.4. The van der Waals surface area contributed by atoms with E-state index in [9.17, 15) is 0 Å². The van der Waals surface area contributed by atoms with Crippen LogP contribution < -0.4 is 14.7 Å². The fourth-order valence-electron chi connectivity index (χ4n) is 10.1. The van der Waals surface area contributed by atoms with Gasteiger partial charge in [-0.3, -0.25) is 0 Å². The standard InChI is InChI=1S/C57H45NS/c1-57(2)51-31-14-10-25-44(51)50-37-39(35-36-52(50)57)58(54-33-16-12-27-46(54)48-29-18-30-49-47-28-13-17-34-55(47)59-56(48)49)53-32-15-11-26-45(53)43-24-9-8-23-42(43)41-22-7-6-21-40(41)38-19-4-3-5-20-38/h3-7,10-17,19-28,30-37H,8-9,18,29H2,1-2H3. The number of nitrogens with zero attached hydrogens (tertiary/aromatic N) is 1. The van der Waals surface area contributed by atoms with Crippen molar-refractivity contribution in [1.29, 1.82) is 0 Å². The minimum absolute atomic E-state index is 0.0735. The number of thiophene rings is 1. The van der Waals surface area contributed by atoms with Crippen molar-refractivity contribution in [3.05, 3.63) is 220 Å². The largest absolute Gasteiger partial charge is 0.309 e. The fraction of sp³-hybridized carbons (Fsp3) is 0.123. The van der Waals surface area contributed by atoms with E-state index in [-0.39, 0.29) is 5.41 Å². The summed E-state index contributed by atoms with van der Waals surface area (Å²) in [5.74, 6) is 0. The van der Waals surface area contributed by atoms with Crippen LogP contribution in [0, 0.1) is 0 Å². The second-order valence-electron chi connectivity index (χ2n) is 16.6. The highest BCUT2D eigenvalue weighted by molar-refractivity contribution is 7.17. The first kappa shape index (κ1) is 35.7. The molecule has 0 spiro atoms. The Balaban J connectivity index is 1.15. The van der Waals surface area contributed by atoms with Crippen molar-refractivity contribution in [3.63, 3.8) is 0 Å². The van der Waals surface area contributed by atoms with Gasteiger partial charge in [0.1, 0.15) is 0 Å². The van der Waals surface area contributed by atoms with E-state index in [2.05, 4.69) is 207 Å². The quantitative estimate of drug-likeness (QED) is 0.156. The summed E-state index contributed by atoms with van der Waals surface area (Å²) in [6.07, 6.45) is 11.5. The van der Waals surface area contributed by atoms with Gasteiger partial charge < -0.3 is 4.90 Å². The van der Waals surface area contributed by atoms with E-state index in [1.54, 1.807) is 0 Å². The van der Waals surface area contributed by atoms with Gasteiger partial charge in [-0.15, -0.1) is 11.3 Å². The van der Waals surface area contributed by atoms with Gasteiger partial charge in [-0.25, -0.2) is 0 Å². The predicted octanol–water partition coefficient (Wildman–Crippen LogP) is 14.4. The summed E-state index contributed by atoms with van der Waals surface area (Å²) in [6.45, 7) is 4.74. The van der Waals surface area contributed by atoms with Gasteiger partial charge in [-0.1, -0.05) is 172 Å². The van der Waals surface area contributed by atoms with Crippen molar-refractivity contribution in [1.82, 2.24) is 0 Å². The molecular weight excluding hydrogens is 731 g/mol. The third kappa shape index (κ3) is 5.88. The summed E-state index contributed by atoms with van der Waals surface area (Å²) >= 11 is 1.94. The van der Waals surface area contributed by atoms with Crippen molar-refractivity contribution < 1.29 is 0 Å². The molecule has 284 valence electrons. The van der Waals surface area contributed by atoms with Gasteiger partial charge in [0.15, 0.2) is 0 Å². The smallest absolute Gasteiger partial charge is 0.0540 e. The molecule has 1 nitrogen and oxygen atoms in total. The SMILES string of the molecule is CC1(C)c2ccccc2-c2cc(N(c3ccccc3C3=CCCC=C3c3ccccc3-c3ccccc3)c3ccccc3C3=c4sc5ccccc5c4=CCC3)ccc21. The van der Waals surface area contributed by atoms with E-state index in [1.165, 1.54) is 104 Å². The van der Waals surface area contributed by atoms with E-state index < -0.39 is 0 Å². The van der Waals surface area contributed by atoms with Crippen LogP contribution in [0.1, 0.15) is 67.3 Å². The van der Waals surface area contributed by atoms with Crippen LogP contribution >= 0.6 is 11.3 Å². The zero-order valence-corrected chi connectivity index (χ0v) is 34.4. The molecule has 1 aromatic heterocycles. The summed E-state index contributed by atoms with van der Waals surface area (Å²) in [5.41, 5.74) is 19.2. The van der Waals surface area contributed by atoms with Crippen LogP contribution in [0.3, 0.4) is 0 Å². The molecule has 0 atom stereocenters. The lowest BCUT2D eigenvalue weighted by molar-refractivity contribution is 0.660. The fourth-order valence-corrected chi connectivity index (χ4v) is 11.4. The lowest BCUT2D eigenvalue weighted by Gasteiger charge is -2.32. The van der Waals surface area contributed by atoms with Crippen molar-refractivity contribution >= 4 is 61.3 Å². The van der Waals surface area contributed by atoms with Crippen LogP contribution in [0.5, 0.6) is 0 Å². The molecule has 11 rings (SSSR count). The molecule has 7 aromatic carbocycles. The minimum atomic E-state index is -0.0735. The number of hydrogen-bond donors (Lipinski definition) is 0. The van der Waals surface area contributed by atoms with Crippen LogP contribution in [-0.2, 0) is 5.41 Å². The molecule has 0 bridgehead atoms. The topological polar surface area (TPSA) is 3.24 Å². The summed E-state index contributed by atoms with van der Waals surface area (Å²) in [4.78, 5) is 2.58. The molecule has 59 heavy (non-hydrogen) atoms. The monoisotopic (exact) mass is 775 g/mol. The van der Waals surface area contributed by atoms with E-state index in [0.717, 1.165) is 25.7 Å². The first-order valence-corrected chi connectivity index (χ1v) is 21.9. The van der Waals surface area contributed by atoms with E-state index in [0.29, 0.717) is 0 Å². The minimum Gasteiger partial charge on any atom is -0.309 e. The van der Waals surface area contributed by atoms with E-state index in [4.69, 9.17) is 0 Å². The molecular formula is C57H45NS. The summed E-state index contributed by atoms with van der Waals surface area (Å²) in [6, 6.07) is 63.3. The van der Waals surface area contributed by atoms with Crippen LogP contribution in [-0.4, -0.2) is 0 Å². The van der Waals surface area contributed by atoms with Crippen molar-refractivity contribution in [2.24, 2.45) is 0 Å². The number of anilines is 3. The van der Waals surface area contributed by atoms with Gasteiger partial charge in [0.2, 0.25) is 0 Å². The number of fused-ring (bicyclic) bond motifs is 6. The molecule has 8 aromatic rings. The third-order valence-electron chi connectivity index (χ3n) is 12.8. The van der Waals surface area contributed by atoms with Crippen molar-refractivity contribution in [2.75, 3.05) is 4.90 Å². The number of hydrogen-bond acceptors (Lipinski definition) is 2. The molecule has 0 aliphatic heterocycles. The zero-order chi connectivity index (χ0) is 39.5. The zero-order valence-electron chi connectivity index (χ0n) is 33.6. The molecule has 0 saturated heterocycles. The molecule has 0 N–H and O–H groups in total. The summed E-state index contributed by atoms with van der Waals surface area (Å²) < 4.78 is 2.76. The first-order valence-electron chi connectivity index (χ1n) is 21.1. The molecule has 0 amide bonds. The van der Waals surface area contributed by atoms with Crippen LogP contribution in [0.15, 0.2) is 182 Å². The lowest BCUT2D eigenvalue weighted by Crippen LogP contribution is -2.26. The molecule has 3 aliphatic rings.